The van der Waals surface area contributed by atoms with E-state index in [2.05, 4.69) is 5.32 Å². The molecule has 7 nitrogen and oxygen atoms in total. The molecule has 0 saturated heterocycles. The molecule has 1 aromatic rings. The molecule has 134 valence electrons. The predicted octanol–water partition coefficient (Wildman–Crippen LogP) is 1.59. The van der Waals surface area contributed by atoms with E-state index >= 15 is 0 Å². The molecular formula is C16H23NO6S. The monoisotopic (exact) mass is 357 g/mol. The smallest absolute Gasteiger partial charge is 0.315 e. The zero-order valence-electron chi connectivity index (χ0n) is 14.5. The third-order valence-corrected chi connectivity index (χ3v) is 3.25. The molecular weight excluding hydrogens is 334 g/mol. The zero-order valence-corrected chi connectivity index (χ0v) is 15.3. The van der Waals surface area contributed by atoms with Crippen molar-refractivity contribution in [3.05, 3.63) is 29.8 Å². The quantitative estimate of drug-likeness (QED) is 0.613. The van der Waals surface area contributed by atoms with Gasteiger partial charge in [0.25, 0.3) is 0 Å². The summed E-state index contributed by atoms with van der Waals surface area (Å²) in [6, 6.07) is 6.12. The largest absolute Gasteiger partial charge is 0.459 e. The molecule has 1 N–H and O–H groups in total. The second-order valence-electron chi connectivity index (χ2n) is 6.38. The number of nitrogens with one attached hydrogen (secondary N) is 1. The molecule has 0 aliphatic rings. The van der Waals surface area contributed by atoms with Crippen molar-refractivity contribution in [2.24, 2.45) is 0 Å². The molecule has 0 spiro atoms. The fourth-order valence-corrected chi connectivity index (χ4v) is 2.37. The fraction of sp³-hybridized carbons (Fsp3) is 0.500. The van der Waals surface area contributed by atoms with Gasteiger partial charge < -0.3 is 14.2 Å². The second kappa shape index (κ2) is 7.65. The van der Waals surface area contributed by atoms with Crippen LogP contribution in [0.5, 0.6) is 5.75 Å². The van der Waals surface area contributed by atoms with E-state index in [0.29, 0.717) is 5.56 Å². The summed E-state index contributed by atoms with van der Waals surface area (Å²) in [7, 11) is -3.68. The third kappa shape index (κ3) is 7.45. The molecule has 24 heavy (non-hydrogen) atoms. The maximum Gasteiger partial charge on any atom is 0.315 e. The van der Waals surface area contributed by atoms with Crippen molar-refractivity contribution in [1.29, 1.82) is 0 Å². The highest BCUT2D eigenvalue weighted by molar-refractivity contribution is 7.86. The lowest BCUT2D eigenvalue weighted by atomic mass is 9.98. The summed E-state index contributed by atoms with van der Waals surface area (Å²) in [5.74, 6) is -1.50. The Kier molecular flexibility index (Phi) is 6.36. The normalized spacial score (nSPS) is 13.0. The van der Waals surface area contributed by atoms with Crippen LogP contribution < -0.4 is 9.50 Å². The van der Waals surface area contributed by atoms with E-state index in [1.165, 1.54) is 19.1 Å². The summed E-state index contributed by atoms with van der Waals surface area (Å²) in [6.07, 6.45) is 0.933. The second-order valence-corrected chi connectivity index (χ2v) is 7.96. The van der Waals surface area contributed by atoms with Crippen molar-refractivity contribution in [3.63, 3.8) is 0 Å². The minimum atomic E-state index is -3.68. The lowest BCUT2D eigenvalue weighted by Crippen LogP contribution is -2.34. The van der Waals surface area contributed by atoms with E-state index in [0.717, 1.165) is 6.26 Å². The summed E-state index contributed by atoms with van der Waals surface area (Å²) in [5.41, 5.74) is -0.203. The van der Waals surface area contributed by atoms with Gasteiger partial charge in [-0.05, 0) is 38.5 Å². The van der Waals surface area contributed by atoms with Gasteiger partial charge in [0.05, 0.1) is 12.2 Å². The van der Waals surface area contributed by atoms with Gasteiger partial charge in [0.2, 0.25) is 5.91 Å². The Hall–Kier alpha value is -2.09. The molecule has 0 saturated carbocycles. The van der Waals surface area contributed by atoms with E-state index in [9.17, 15) is 18.0 Å². The van der Waals surface area contributed by atoms with E-state index in [-0.39, 0.29) is 18.2 Å². The van der Waals surface area contributed by atoms with Crippen LogP contribution in [0.25, 0.3) is 0 Å². The Morgan fingerprint density at radius 3 is 2.38 bits per heavy atom. The van der Waals surface area contributed by atoms with Gasteiger partial charge in [0.1, 0.15) is 11.4 Å². The number of benzene rings is 1. The lowest BCUT2D eigenvalue weighted by molar-refractivity contribution is -0.156. The van der Waals surface area contributed by atoms with Crippen molar-refractivity contribution >= 4 is 22.0 Å². The maximum absolute atomic E-state index is 12.4. The van der Waals surface area contributed by atoms with Crippen LogP contribution in [0.1, 0.15) is 39.2 Å². The number of hydrogen-bond donors (Lipinski definition) is 1. The van der Waals surface area contributed by atoms with Crippen molar-refractivity contribution in [2.45, 2.75) is 39.2 Å². The molecule has 0 bridgehead atoms. The van der Waals surface area contributed by atoms with Crippen molar-refractivity contribution in [3.8, 4) is 5.75 Å². The number of amides is 1. The van der Waals surface area contributed by atoms with Crippen LogP contribution in [0.3, 0.4) is 0 Å². The summed E-state index contributed by atoms with van der Waals surface area (Å²) in [4.78, 5) is 23.6. The molecule has 1 unspecified atom stereocenters. The fourth-order valence-electron chi connectivity index (χ4n) is 1.91. The van der Waals surface area contributed by atoms with Gasteiger partial charge in [-0.3, -0.25) is 9.59 Å². The van der Waals surface area contributed by atoms with Crippen LogP contribution in [0.4, 0.5) is 0 Å². The van der Waals surface area contributed by atoms with Crippen LogP contribution in [-0.2, 0) is 24.4 Å². The van der Waals surface area contributed by atoms with Gasteiger partial charge in [0, 0.05) is 13.5 Å². The molecule has 1 rings (SSSR count). The predicted molar refractivity (Wildman–Crippen MR) is 89.2 cm³/mol. The molecule has 0 aliphatic heterocycles. The van der Waals surface area contributed by atoms with E-state index < -0.39 is 27.6 Å². The molecule has 0 heterocycles. The first-order valence-electron chi connectivity index (χ1n) is 7.34. The molecule has 0 aliphatic carbocycles. The van der Waals surface area contributed by atoms with Crippen molar-refractivity contribution in [1.82, 2.24) is 5.32 Å². The Labute approximate surface area is 142 Å². The summed E-state index contributed by atoms with van der Waals surface area (Å²) >= 11 is 0. The highest BCUT2D eigenvalue weighted by Gasteiger charge is 2.27. The number of esters is 1. The molecule has 0 aromatic heterocycles. The number of carbonyl (C=O) groups excluding carboxylic acids is 2. The minimum absolute atomic E-state index is 0.0343. The number of ether oxygens (including phenoxy) is 1. The number of rotatable bonds is 6. The first-order valence-corrected chi connectivity index (χ1v) is 9.16. The summed E-state index contributed by atoms with van der Waals surface area (Å²) in [6.45, 7) is 6.60. The Morgan fingerprint density at radius 2 is 1.88 bits per heavy atom. The average Bonchev–Trinajstić information content (AvgIpc) is 2.34. The highest BCUT2D eigenvalue weighted by Crippen LogP contribution is 2.24. The van der Waals surface area contributed by atoms with Crippen LogP contribution >= 0.6 is 0 Å². The standard InChI is InChI=1S/C16H23NO6S/c1-11(18)17-10-14(15(19)22-16(2,3)4)12-7-6-8-13(9-12)23-24(5,20)21/h6-9,14H,10H2,1-5H3,(H,17,18). The first-order chi connectivity index (χ1) is 10.9. The van der Waals surface area contributed by atoms with Gasteiger partial charge in [-0.2, -0.15) is 8.42 Å². The summed E-state index contributed by atoms with van der Waals surface area (Å²) < 4.78 is 32.7. The van der Waals surface area contributed by atoms with E-state index in [1.807, 2.05) is 0 Å². The van der Waals surface area contributed by atoms with Crippen molar-refractivity contribution < 1.29 is 26.9 Å². The van der Waals surface area contributed by atoms with Crippen LogP contribution in [0.15, 0.2) is 24.3 Å². The lowest BCUT2D eigenvalue weighted by Gasteiger charge is -2.24. The Morgan fingerprint density at radius 1 is 1.25 bits per heavy atom. The maximum atomic E-state index is 12.4. The van der Waals surface area contributed by atoms with Crippen molar-refractivity contribution in [2.75, 3.05) is 12.8 Å². The van der Waals surface area contributed by atoms with Crippen LogP contribution in [0, 0.1) is 0 Å². The molecule has 1 atom stereocenters. The molecule has 0 radical (unpaired) electrons. The topological polar surface area (TPSA) is 98.8 Å². The number of carbonyl (C=O) groups is 2. The first kappa shape index (κ1) is 20.0. The molecule has 8 heteroatoms. The Bertz CT molecular complexity index is 706. The number of hydrogen-bond acceptors (Lipinski definition) is 6. The van der Waals surface area contributed by atoms with Gasteiger partial charge in [-0.15, -0.1) is 0 Å². The zero-order chi connectivity index (χ0) is 18.5. The molecule has 1 amide bonds. The Balaban J connectivity index is 3.11. The van der Waals surface area contributed by atoms with Crippen LogP contribution in [0.2, 0.25) is 0 Å². The van der Waals surface area contributed by atoms with E-state index in [4.69, 9.17) is 8.92 Å². The molecule has 1 aromatic carbocycles. The summed E-state index contributed by atoms with van der Waals surface area (Å²) in [5, 5.41) is 2.58. The van der Waals surface area contributed by atoms with Gasteiger partial charge in [-0.1, -0.05) is 12.1 Å². The average molecular weight is 357 g/mol. The SMILES string of the molecule is CC(=O)NCC(C(=O)OC(C)(C)C)c1cccc(OS(C)(=O)=O)c1. The van der Waals surface area contributed by atoms with Crippen LogP contribution in [-0.4, -0.2) is 38.7 Å². The van der Waals surface area contributed by atoms with Gasteiger partial charge in [-0.25, -0.2) is 0 Å². The highest BCUT2D eigenvalue weighted by atomic mass is 32.2. The minimum Gasteiger partial charge on any atom is -0.459 e. The van der Waals surface area contributed by atoms with Gasteiger partial charge >= 0.3 is 16.1 Å². The van der Waals surface area contributed by atoms with E-state index in [1.54, 1.807) is 32.9 Å². The van der Waals surface area contributed by atoms with Gasteiger partial charge in [0.15, 0.2) is 0 Å². The third-order valence-electron chi connectivity index (χ3n) is 2.75. The molecule has 0 fully saturated rings.